The van der Waals surface area contributed by atoms with Crippen molar-refractivity contribution in [1.82, 2.24) is 4.90 Å². The lowest BCUT2D eigenvalue weighted by Crippen LogP contribution is -2.45. The Balaban J connectivity index is 0.00000162. The number of nitrogens with two attached hydrogens (primary N) is 1. The van der Waals surface area contributed by atoms with Crippen LogP contribution in [0.2, 0.25) is 0 Å². The maximum Gasteiger partial charge on any atom is 0.123 e. The molecule has 102 valence electrons. The van der Waals surface area contributed by atoms with Gasteiger partial charge in [-0.3, -0.25) is 4.90 Å². The molecule has 0 saturated carbocycles. The van der Waals surface area contributed by atoms with E-state index in [1.165, 1.54) is 6.07 Å². The van der Waals surface area contributed by atoms with Crippen molar-refractivity contribution >= 4 is 28.3 Å². The minimum Gasteiger partial charge on any atom is -0.327 e. The van der Waals surface area contributed by atoms with Gasteiger partial charge in [0.2, 0.25) is 0 Å². The molecule has 0 spiro atoms. The summed E-state index contributed by atoms with van der Waals surface area (Å²) in [5.74, 6) is 0.334. The number of benzene rings is 1. The van der Waals surface area contributed by atoms with Crippen LogP contribution in [-0.4, -0.2) is 24.0 Å². The van der Waals surface area contributed by atoms with E-state index in [0.717, 1.165) is 36.1 Å². The number of likely N-dealkylation sites (tertiary alicyclic amines) is 1. The molecule has 1 fully saturated rings. The summed E-state index contributed by atoms with van der Waals surface area (Å²) in [7, 11) is 0. The van der Waals surface area contributed by atoms with Crippen LogP contribution in [0.3, 0.4) is 0 Å². The van der Waals surface area contributed by atoms with Gasteiger partial charge in [-0.15, -0.1) is 12.4 Å². The Bertz CT molecular complexity index is 403. The first-order valence-corrected chi connectivity index (χ1v) is 6.77. The normalized spacial score (nSPS) is 24.7. The van der Waals surface area contributed by atoms with Gasteiger partial charge in [-0.2, -0.15) is 0 Å². The first-order valence-electron chi connectivity index (χ1n) is 5.98. The molecular weight excluding hydrogens is 319 g/mol. The van der Waals surface area contributed by atoms with Gasteiger partial charge >= 0.3 is 0 Å². The van der Waals surface area contributed by atoms with Crippen LogP contribution in [0.1, 0.15) is 18.9 Å². The number of piperidine rings is 1. The van der Waals surface area contributed by atoms with E-state index in [1.54, 1.807) is 12.1 Å². The molecule has 1 aliphatic heterocycles. The van der Waals surface area contributed by atoms with E-state index in [2.05, 4.69) is 27.8 Å². The summed E-state index contributed by atoms with van der Waals surface area (Å²) in [5, 5.41) is 0. The summed E-state index contributed by atoms with van der Waals surface area (Å²) >= 11 is 3.47. The van der Waals surface area contributed by atoms with Crippen molar-refractivity contribution < 1.29 is 4.39 Å². The predicted molar refractivity (Wildman–Crippen MR) is 78.4 cm³/mol. The SMILES string of the molecule is CC1CN(Cc2cc(F)ccc2Br)CCC1N.Cl. The highest BCUT2D eigenvalue weighted by molar-refractivity contribution is 9.10. The van der Waals surface area contributed by atoms with Crippen LogP contribution in [0.5, 0.6) is 0 Å². The van der Waals surface area contributed by atoms with Gasteiger partial charge in [0.15, 0.2) is 0 Å². The lowest BCUT2D eigenvalue weighted by atomic mass is 9.94. The van der Waals surface area contributed by atoms with E-state index in [4.69, 9.17) is 5.73 Å². The van der Waals surface area contributed by atoms with Crippen molar-refractivity contribution in [3.05, 3.63) is 34.1 Å². The molecule has 0 amide bonds. The summed E-state index contributed by atoms with van der Waals surface area (Å²) < 4.78 is 14.2. The number of rotatable bonds is 2. The maximum atomic E-state index is 13.2. The van der Waals surface area contributed by atoms with Crippen LogP contribution in [-0.2, 0) is 6.54 Å². The van der Waals surface area contributed by atoms with Gasteiger partial charge in [-0.1, -0.05) is 22.9 Å². The Hall–Kier alpha value is -0.160. The highest BCUT2D eigenvalue weighted by atomic mass is 79.9. The highest BCUT2D eigenvalue weighted by Crippen LogP contribution is 2.22. The largest absolute Gasteiger partial charge is 0.327 e. The van der Waals surface area contributed by atoms with Crippen molar-refractivity contribution in [3.63, 3.8) is 0 Å². The van der Waals surface area contributed by atoms with Gasteiger partial charge in [-0.05, 0) is 42.6 Å². The molecule has 18 heavy (non-hydrogen) atoms. The van der Waals surface area contributed by atoms with Crippen LogP contribution < -0.4 is 5.73 Å². The quantitative estimate of drug-likeness (QED) is 0.898. The van der Waals surface area contributed by atoms with E-state index in [9.17, 15) is 4.39 Å². The van der Waals surface area contributed by atoms with Crippen molar-refractivity contribution in [1.29, 1.82) is 0 Å². The molecule has 2 rings (SSSR count). The second-order valence-electron chi connectivity index (χ2n) is 4.90. The molecule has 1 aromatic rings. The van der Waals surface area contributed by atoms with E-state index in [1.807, 2.05) is 0 Å². The van der Waals surface area contributed by atoms with Crippen LogP contribution in [0.25, 0.3) is 0 Å². The van der Waals surface area contributed by atoms with Crippen LogP contribution in [0.4, 0.5) is 4.39 Å². The first kappa shape index (κ1) is 15.9. The molecule has 2 N–H and O–H groups in total. The van der Waals surface area contributed by atoms with Gasteiger partial charge in [-0.25, -0.2) is 4.39 Å². The van der Waals surface area contributed by atoms with E-state index < -0.39 is 0 Å². The molecule has 0 bridgehead atoms. The lowest BCUT2D eigenvalue weighted by Gasteiger charge is -2.35. The average molecular weight is 338 g/mol. The van der Waals surface area contributed by atoms with Crippen molar-refractivity contribution in [2.75, 3.05) is 13.1 Å². The molecule has 2 atom stereocenters. The van der Waals surface area contributed by atoms with E-state index in [0.29, 0.717) is 12.0 Å². The Morgan fingerprint density at radius 2 is 2.22 bits per heavy atom. The number of hydrogen-bond acceptors (Lipinski definition) is 2. The van der Waals surface area contributed by atoms with Crippen molar-refractivity contribution in [3.8, 4) is 0 Å². The van der Waals surface area contributed by atoms with E-state index >= 15 is 0 Å². The minimum absolute atomic E-state index is 0. The van der Waals surface area contributed by atoms with Gasteiger partial charge in [0.05, 0.1) is 0 Å². The Labute approximate surface area is 122 Å². The minimum atomic E-state index is -0.176. The summed E-state index contributed by atoms with van der Waals surface area (Å²) in [6.07, 6.45) is 1.02. The number of hydrogen-bond donors (Lipinski definition) is 1. The second-order valence-corrected chi connectivity index (χ2v) is 5.75. The first-order chi connectivity index (χ1) is 8.06. The fourth-order valence-corrected chi connectivity index (χ4v) is 2.67. The maximum absolute atomic E-state index is 13.2. The third-order valence-electron chi connectivity index (χ3n) is 3.46. The highest BCUT2D eigenvalue weighted by Gasteiger charge is 2.23. The average Bonchev–Trinajstić information content (AvgIpc) is 2.29. The van der Waals surface area contributed by atoms with Gasteiger partial charge in [0, 0.05) is 23.6 Å². The van der Waals surface area contributed by atoms with E-state index in [-0.39, 0.29) is 18.2 Å². The zero-order chi connectivity index (χ0) is 12.4. The third kappa shape index (κ3) is 3.92. The van der Waals surface area contributed by atoms with Crippen molar-refractivity contribution in [2.45, 2.75) is 25.9 Å². The molecule has 1 aliphatic rings. The Kier molecular flexibility index (Phi) is 6.05. The summed E-state index contributed by atoms with van der Waals surface area (Å²) in [6, 6.07) is 5.15. The Morgan fingerprint density at radius 1 is 1.50 bits per heavy atom. The third-order valence-corrected chi connectivity index (χ3v) is 4.23. The molecule has 1 heterocycles. The molecular formula is C13H19BrClFN2. The molecule has 5 heteroatoms. The predicted octanol–water partition coefficient (Wildman–Crippen LogP) is 3.18. The molecule has 0 aromatic heterocycles. The fraction of sp³-hybridized carbons (Fsp3) is 0.538. The van der Waals surface area contributed by atoms with Gasteiger partial charge in [0.1, 0.15) is 5.82 Å². The number of nitrogens with zero attached hydrogens (tertiary/aromatic N) is 1. The summed E-state index contributed by atoms with van der Waals surface area (Å²) in [6.45, 7) is 4.95. The Morgan fingerprint density at radius 3 is 2.89 bits per heavy atom. The standard InChI is InChI=1S/C13H18BrFN2.ClH/c1-9-7-17(5-4-13(9)16)8-10-6-11(15)2-3-12(10)14;/h2-3,6,9,13H,4-5,7-8,16H2,1H3;1H. The van der Waals surface area contributed by atoms with Crippen molar-refractivity contribution in [2.24, 2.45) is 11.7 Å². The van der Waals surface area contributed by atoms with Gasteiger partial charge in [0.25, 0.3) is 0 Å². The van der Waals surface area contributed by atoms with Gasteiger partial charge < -0.3 is 5.73 Å². The molecule has 0 aliphatic carbocycles. The lowest BCUT2D eigenvalue weighted by molar-refractivity contribution is 0.157. The topological polar surface area (TPSA) is 29.3 Å². The fourth-order valence-electron chi connectivity index (χ4n) is 2.30. The summed E-state index contributed by atoms with van der Waals surface area (Å²) in [4.78, 5) is 2.34. The summed E-state index contributed by atoms with van der Waals surface area (Å²) in [5.41, 5.74) is 7.00. The van der Waals surface area contributed by atoms with Crippen LogP contribution in [0.15, 0.2) is 22.7 Å². The second kappa shape index (κ2) is 6.85. The molecule has 0 radical (unpaired) electrons. The molecule has 1 saturated heterocycles. The molecule has 1 aromatic carbocycles. The number of halogens is 3. The smallest absolute Gasteiger partial charge is 0.123 e. The molecule has 2 unspecified atom stereocenters. The molecule has 2 nitrogen and oxygen atoms in total. The zero-order valence-corrected chi connectivity index (χ0v) is 12.8. The van der Waals surface area contributed by atoms with Crippen LogP contribution >= 0.6 is 28.3 Å². The monoisotopic (exact) mass is 336 g/mol. The van der Waals surface area contributed by atoms with Crippen LogP contribution in [0, 0.1) is 11.7 Å². The zero-order valence-electron chi connectivity index (χ0n) is 10.4.